The maximum absolute atomic E-state index is 12.3. The molecule has 164 valence electrons. The zero-order chi connectivity index (χ0) is 22.9. The predicted molar refractivity (Wildman–Crippen MR) is 130 cm³/mol. The average Bonchev–Trinajstić information content (AvgIpc) is 3.46. The van der Waals surface area contributed by atoms with Gasteiger partial charge in [-0.2, -0.15) is 0 Å². The SMILES string of the molecule is COC(=O)c1c(-c2ccnc(-c3cnc4[nH]cc(-c5ccccc5OC)c4c3)c2)csc1N. The number of esters is 1. The van der Waals surface area contributed by atoms with Crippen LogP contribution in [0.4, 0.5) is 5.00 Å². The number of aromatic nitrogens is 3. The fourth-order valence-corrected chi connectivity index (χ4v) is 4.70. The van der Waals surface area contributed by atoms with Gasteiger partial charge in [-0.3, -0.25) is 4.98 Å². The number of benzene rings is 1. The van der Waals surface area contributed by atoms with Gasteiger partial charge in [-0.15, -0.1) is 11.3 Å². The van der Waals surface area contributed by atoms with E-state index in [9.17, 15) is 4.79 Å². The molecular weight excluding hydrogens is 436 g/mol. The minimum Gasteiger partial charge on any atom is -0.496 e. The molecule has 0 aliphatic carbocycles. The van der Waals surface area contributed by atoms with E-state index in [4.69, 9.17) is 15.2 Å². The number of hydrogen-bond acceptors (Lipinski definition) is 7. The summed E-state index contributed by atoms with van der Waals surface area (Å²) in [5.74, 6) is 0.327. The maximum atomic E-state index is 12.3. The highest BCUT2D eigenvalue weighted by molar-refractivity contribution is 7.15. The number of nitrogens with zero attached hydrogens (tertiary/aromatic N) is 2. The minimum absolute atomic E-state index is 0.373. The molecule has 0 aliphatic heterocycles. The first-order chi connectivity index (χ1) is 16.1. The Hall–Kier alpha value is -4.17. The molecule has 0 fully saturated rings. The fourth-order valence-electron chi connectivity index (χ4n) is 3.89. The molecule has 0 unspecified atom stereocenters. The van der Waals surface area contributed by atoms with Crippen molar-refractivity contribution in [1.29, 1.82) is 0 Å². The molecular formula is C25H20N4O3S. The summed E-state index contributed by atoms with van der Waals surface area (Å²) in [5.41, 5.74) is 12.3. The van der Waals surface area contributed by atoms with Crippen molar-refractivity contribution in [3.8, 4) is 39.3 Å². The van der Waals surface area contributed by atoms with Crippen LogP contribution in [0.5, 0.6) is 5.75 Å². The maximum Gasteiger partial charge on any atom is 0.341 e. The second-order valence-corrected chi connectivity index (χ2v) is 8.24. The molecule has 8 heteroatoms. The summed E-state index contributed by atoms with van der Waals surface area (Å²) in [5, 5.41) is 3.24. The number of ether oxygens (including phenoxy) is 2. The molecule has 4 heterocycles. The highest BCUT2D eigenvalue weighted by Gasteiger charge is 2.20. The van der Waals surface area contributed by atoms with Gasteiger partial charge in [0.15, 0.2) is 0 Å². The van der Waals surface area contributed by atoms with E-state index in [1.165, 1.54) is 18.4 Å². The molecule has 0 spiro atoms. The number of nitrogens with one attached hydrogen (secondary N) is 1. The molecule has 5 rings (SSSR count). The second-order valence-electron chi connectivity index (χ2n) is 7.33. The van der Waals surface area contributed by atoms with Crippen molar-refractivity contribution in [2.24, 2.45) is 0 Å². The lowest BCUT2D eigenvalue weighted by Crippen LogP contribution is -2.04. The predicted octanol–water partition coefficient (Wildman–Crippen LogP) is 5.40. The van der Waals surface area contributed by atoms with Crippen molar-refractivity contribution < 1.29 is 14.3 Å². The number of fused-ring (bicyclic) bond motifs is 1. The molecule has 0 atom stereocenters. The van der Waals surface area contributed by atoms with Gasteiger partial charge in [0.2, 0.25) is 0 Å². The van der Waals surface area contributed by atoms with Crippen LogP contribution in [0.3, 0.4) is 0 Å². The number of nitrogen functional groups attached to an aromatic ring is 1. The highest BCUT2D eigenvalue weighted by Crippen LogP contribution is 2.37. The Labute approximate surface area is 193 Å². The Morgan fingerprint density at radius 1 is 1.03 bits per heavy atom. The smallest absolute Gasteiger partial charge is 0.341 e. The zero-order valence-electron chi connectivity index (χ0n) is 18.0. The van der Waals surface area contributed by atoms with E-state index in [-0.39, 0.29) is 0 Å². The minimum atomic E-state index is -0.459. The van der Waals surface area contributed by atoms with Crippen LogP contribution in [-0.4, -0.2) is 35.1 Å². The lowest BCUT2D eigenvalue weighted by Gasteiger charge is -2.08. The van der Waals surface area contributed by atoms with Crippen LogP contribution >= 0.6 is 11.3 Å². The van der Waals surface area contributed by atoms with Gasteiger partial charge >= 0.3 is 5.97 Å². The normalized spacial score (nSPS) is 11.0. The fraction of sp³-hybridized carbons (Fsp3) is 0.0800. The molecule has 0 aliphatic rings. The molecule has 0 saturated carbocycles. The monoisotopic (exact) mass is 456 g/mol. The topological polar surface area (TPSA) is 103 Å². The Balaban J connectivity index is 1.61. The number of carbonyl (C=O) groups is 1. The first-order valence-electron chi connectivity index (χ1n) is 10.1. The van der Waals surface area contributed by atoms with E-state index in [2.05, 4.69) is 21.0 Å². The van der Waals surface area contributed by atoms with E-state index in [0.29, 0.717) is 10.6 Å². The van der Waals surface area contributed by atoms with Gasteiger partial charge < -0.3 is 20.2 Å². The van der Waals surface area contributed by atoms with Crippen molar-refractivity contribution in [1.82, 2.24) is 15.0 Å². The van der Waals surface area contributed by atoms with E-state index < -0.39 is 5.97 Å². The second kappa shape index (κ2) is 8.40. The van der Waals surface area contributed by atoms with E-state index in [1.807, 2.05) is 48.0 Å². The third-order valence-electron chi connectivity index (χ3n) is 5.50. The van der Waals surface area contributed by atoms with Crippen LogP contribution in [0.2, 0.25) is 0 Å². The third kappa shape index (κ3) is 3.60. The summed E-state index contributed by atoms with van der Waals surface area (Å²) in [7, 11) is 3.00. The van der Waals surface area contributed by atoms with Gasteiger partial charge in [0, 0.05) is 51.6 Å². The van der Waals surface area contributed by atoms with Crippen molar-refractivity contribution in [3.63, 3.8) is 0 Å². The number of methoxy groups -OCH3 is 2. The molecule has 0 bridgehead atoms. The number of anilines is 1. The summed E-state index contributed by atoms with van der Waals surface area (Å²) in [6.07, 6.45) is 5.42. The molecule has 4 aromatic heterocycles. The Kier molecular flexibility index (Phi) is 5.27. The number of nitrogens with two attached hydrogens (primary N) is 1. The number of pyridine rings is 2. The molecule has 1 aromatic carbocycles. The van der Waals surface area contributed by atoms with Gasteiger partial charge in [0.1, 0.15) is 22.0 Å². The van der Waals surface area contributed by atoms with Gasteiger partial charge in [-0.1, -0.05) is 18.2 Å². The largest absolute Gasteiger partial charge is 0.496 e. The van der Waals surface area contributed by atoms with E-state index >= 15 is 0 Å². The number of H-pyrrole nitrogens is 1. The molecule has 0 saturated heterocycles. The number of hydrogen-bond donors (Lipinski definition) is 2. The molecule has 7 nitrogen and oxygen atoms in total. The van der Waals surface area contributed by atoms with Crippen LogP contribution in [-0.2, 0) is 4.74 Å². The summed E-state index contributed by atoms with van der Waals surface area (Å²) in [6.45, 7) is 0. The van der Waals surface area contributed by atoms with E-state index in [0.717, 1.165) is 50.3 Å². The summed E-state index contributed by atoms with van der Waals surface area (Å²) in [4.78, 5) is 24.6. The van der Waals surface area contributed by atoms with E-state index in [1.54, 1.807) is 19.5 Å². The van der Waals surface area contributed by atoms with Gasteiger partial charge in [-0.05, 0) is 29.8 Å². The lowest BCUT2D eigenvalue weighted by molar-refractivity contribution is 0.0603. The quantitative estimate of drug-likeness (QED) is 0.343. The third-order valence-corrected chi connectivity index (χ3v) is 6.32. The number of carbonyl (C=O) groups excluding carboxylic acids is 1. The first kappa shape index (κ1) is 20.7. The summed E-state index contributed by atoms with van der Waals surface area (Å²) < 4.78 is 10.5. The van der Waals surface area contributed by atoms with Crippen LogP contribution in [0, 0.1) is 0 Å². The van der Waals surface area contributed by atoms with Gasteiger partial charge in [0.05, 0.1) is 19.9 Å². The first-order valence-corrected chi connectivity index (χ1v) is 11.0. The van der Waals surface area contributed by atoms with Crippen LogP contribution < -0.4 is 10.5 Å². The molecule has 5 aromatic rings. The van der Waals surface area contributed by atoms with Crippen molar-refractivity contribution in [3.05, 3.63) is 72.0 Å². The van der Waals surface area contributed by atoms with Gasteiger partial charge in [-0.25, -0.2) is 9.78 Å². The Morgan fingerprint density at radius 2 is 1.88 bits per heavy atom. The van der Waals surface area contributed by atoms with Crippen molar-refractivity contribution >= 4 is 33.3 Å². The molecule has 0 radical (unpaired) electrons. The Bertz CT molecular complexity index is 1490. The van der Waals surface area contributed by atoms with Crippen molar-refractivity contribution in [2.45, 2.75) is 0 Å². The summed E-state index contributed by atoms with van der Waals surface area (Å²) in [6, 6.07) is 13.7. The van der Waals surface area contributed by atoms with Gasteiger partial charge in [0.25, 0.3) is 0 Å². The molecule has 3 N–H and O–H groups in total. The van der Waals surface area contributed by atoms with Crippen LogP contribution in [0.25, 0.3) is 44.5 Å². The molecule has 33 heavy (non-hydrogen) atoms. The summed E-state index contributed by atoms with van der Waals surface area (Å²) >= 11 is 1.31. The number of para-hydroxylation sites is 1. The highest BCUT2D eigenvalue weighted by atomic mass is 32.1. The van der Waals surface area contributed by atoms with Crippen LogP contribution in [0.15, 0.2) is 66.4 Å². The number of thiophene rings is 1. The molecule has 0 amide bonds. The number of aromatic amines is 1. The standard InChI is InChI=1S/C25H20N4O3S/c1-31-21-6-4-3-5-16(21)18-12-29-24-17(18)9-15(11-28-24)20-10-14(7-8-27-20)19-13-33-23(26)22(19)25(30)32-2/h3-13H,26H2,1-2H3,(H,28,29). The van der Waals surface area contributed by atoms with Crippen LogP contribution in [0.1, 0.15) is 10.4 Å². The van der Waals surface area contributed by atoms with Crippen molar-refractivity contribution in [2.75, 3.05) is 20.0 Å². The Morgan fingerprint density at radius 3 is 2.70 bits per heavy atom. The number of rotatable bonds is 5. The zero-order valence-corrected chi connectivity index (χ0v) is 18.8. The average molecular weight is 457 g/mol. The lowest BCUT2D eigenvalue weighted by atomic mass is 10.0.